The summed E-state index contributed by atoms with van der Waals surface area (Å²) >= 11 is 0. The van der Waals surface area contributed by atoms with Crippen LogP contribution in [0.5, 0.6) is 0 Å². The molecule has 0 bridgehead atoms. The highest BCUT2D eigenvalue weighted by molar-refractivity contribution is 5.96. The Labute approximate surface area is 68.3 Å². The Morgan fingerprint density at radius 2 is 1.83 bits per heavy atom. The first-order valence-electron chi connectivity index (χ1n) is 3.19. The first-order chi connectivity index (χ1) is 5.56. The zero-order chi connectivity index (χ0) is 9.56. The predicted octanol–water partition coefficient (Wildman–Crippen LogP) is -0.773. The van der Waals surface area contributed by atoms with Gasteiger partial charge < -0.3 is 9.94 Å². The fraction of sp³-hybridized carbons (Fsp3) is 0.500. The van der Waals surface area contributed by atoms with Crippen LogP contribution in [-0.4, -0.2) is 22.8 Å². The van der Waals surface area contributed by atoms with Crippen molar-refractivity contribution in [2.24, 2.45) is 5.90 Å². The fourth-order valence-corrected chi connectivity index (χ4v) is 0.537. The molecule has 0 aliphatic rings. The molecule has 0 radical (unpaired) electrons. The summed E-state index contributed by atoms with van der Waals surface area (Å²) in [7, 11) is 0. The maximum absolute atomic E-state index is 10.7. The average molecular weight is 175 g/mol. The smallest absolute Gasteiger partial charge is 0.331 e. The molecule has 0 spiro atoms. The van der Waals surface area contributed by atoms with E-state index in [1.807, 2.05) is 0 Å². The van der Waals surface area contributed by atoms with E-state index in [1.165, 1.54) is 0 Å². The van der Waals surface area contributed by atoms with Gasteiger partial charge in [-0.25, -0.2) is 4.79 Å². The van der Waals surface area contributed by atoms with Crippen LogP contribution >= 0.6 is 0 Å². The quantitative estimate of drug-likeness (QED) is 0.419. The lowest BCUT2D eigenvalue weighted by atomic mass is 10.2. The number of carboxylic acids is 1. The zero-order valence-corrected chi connectivity index (χ0v) is 6.28. The van der Waals surface area contributed by atoms with Gasteiger partial charge in [-0.3, -0.25) is 9.59 Å². The van der Waals surface area contributed by atoms with Gasteiger partial charge in [0, 0.05) is 6.42 Å². The zero-order valence-electron chi connectivity index (χ0n) is 6.28. The molecule has 0 fully saturated rings. The largest absolute Gasteiger partial charge is 0.481 e. The summed E-state index contributed by atoms with van der Waals surface area (Å²) in [5.74, 6) is 2.03. The average Bonchev–Trinajstić information content (AvgIpc) is 2.00. The molecule has 0 unspecified atom stereocenters. The number of aliphatic carboxylic acids is 1. The minimum absolute atomic E-state index is 0.176. The van der Waals surface area contributed by atoms with E-state index in [0.717, 1.165) is 0 Å². The number of carbonyl (C=O) groups is 3. The normalized spacial score (nSPS) is 9.08. The Balaban J connectivity index is 3.60. The number of rotatable bonds is 5. The molecular weight excluding hydrogens is 166 g/mol. The fourth-order valence-electron chi connectivity index (χ4n) is 0.537. The van der Waals surface area contributed by atoms with Crippen molar-refractivity contribution in [1.82, 2.24) is 0 Å². The number of hydrogen-bond donors (Lipinski definition) is 2. The van der Waals surface area contributed by atoms with Crippen molar-refractivity contribution in [3.8, 4) is 0 Å². The van der Waals surface area contributed by atoms with Crippen molar-refractivity contribution in [2.75, 3.05) is 0 Å². The van der Waals surface area contributed by atoms with E-state index < -0.39 is 24.1 Å². The molecule has 0 atom stereocenters. The highest BCUT2D eigenvalue weighted by Crippen LogP contribution is 1.95. The molecule has 0 amide bonds. The van der Waals surface area contributed by atoms with Crippen molar-refractivity contribution < 1.29 is 24.3 Å². The van der Waals surface area contributed by atoms with E-state index in [-0.39, 0.29) is 12.8 Å². The van der Waals surface area contributed by atoms with E-state index in [4.69, 9.17) is 5.11 Å². The lowest BCUT2D eigenvalue weighted by Crippen LogP contribution is -2.15. The summed E-state index contributed by atoms with van der Waals surface area (Å²) < 4.78 is 0. The molecule has 0 saturated heterocycles. The number of ketones is 1. The van der Waals surface area contributed by atoms with Crippen molar-refractivity contribution in [1.29, 1.82) is 0 Å². The molecule has 0 aromatic rings. The molecule has 0 aliphatic heterocycles. The van der Waals surface area contributed by atoms with Gasteiger partial charge in [-0.15, -0.1) is 0 Å². The van der Waals surface area contributed by atoms with Gasteiger partial charge in [-0.05, 0) is 0 Å². The van der Waals surface area contributed by atoms with Crippen LogP contribution in [-0.2, 0) is 19.2 Å². The molecule has 0 rings (SSSR count). The topological polar surface area (TPSA) is 107 Å². The molecule has 6 heteroatoms. The van der Waals surface area contributed by atoms with Crippen LogP contribution in [0.3, 0.4) is 0 Å². The van der Waals surface area contributed by atoms with E-state index in [0.29, 0.717) is 0 Å². The molecule has 68 valence electrons. The van der Waals surface area contributed by atoms with Gasteiger partial charge in [-0.2, -0.15) is 5.90 Å². The third kappa shape index (κ3) is 5.36. The van der Waals surface area contributed by atoms with Crippen LogP contribution in [0.2, 0.25) is 0 Å². The van der Waals surface area contributed by atoms with Crippen LogP contribution in [0.1, 0.15) is 19.3 Å². The Kier molecular flexibility index (Phi) is 4.62. The second kappa shape index (κ2) is 5.25. The summed E-state index contributed by atoms with van der Waals surface area (Å²) in [6.45, 7) is 0. The number of carboxylic acid groups (broad SMARTS) is 1. The highest BCUT2D eigenvalue weighted by Gasteiger charge is 2.11. The molecule has 0 aliphatic carbocycles. The third-order valence-electron chi connectivity index (χ3n) is 1.09. The molecule has 0 heterocycles. The van der Waals surface area contributed by atoms with Crippen LogP contribution in [0.25, 0.3) is 0 Å². The lowest BCUT2D eigenvalue weighted by Gasteiger charge is -1.95. The maximum atomic E-state index is 10.7. The minimum Gasteiger partial charge on any atom is -0.481 e. The number of nitrogens with two attached hydrogens (primary N) is 1. The third-order valence-corrected chi connectivity index (χ3v) is 1.09. The van der Waals surface area contributed by atoms with E-state index in [1.54, 1.807) is 0 Å². The van der Waals surface area contributed by atoms with Crippen LogP contribution in [0, 0.1) is 0 Å². The van der Waals surface area contributed by atoms with Gasteiger partial charge in [0.15, 0.2) is 0 Å². The highest BCUT2D eigenvalue weighted by atomic mass is 16.7. The standard InChI is InChI=1S/C6H9NO5/c7-12-6(11)3-4(8)1-2-5(9)10/h1-3,7H2,(H,9,10). The second-order valence-corrected chi connectivity index (χ2v) is 2.10. The van der Waals surface area contributed by atoms with Gasteiger partial charge in [0.2, 0.25) is 0 Å². The summed E-state index contributed by atoms with van der Waals surface area (Å²) in [6.07, 6.45) is -0.926. The van der Waals surface area contributed by atoms with E-state index in [2.05, 4.69) is 10.7 Å². The number of hydrogen-bond acceptors (Lipinski definition) is 5. The maximum Gasteiger partial charge on any atom is 0.331 e. The second-order valence-electron chi connectivity index (χ2n) is 2.10. The van der Waals surface area contributed by atoms with Gasteiger partial charge in [0.1, 0.15) is 12.2 Å². The van der Waals surface area contributed by atoms with E-state index in [9.17, 15) is 14.4 Å². The predicted molar refractivity (Wildman–Crippen MR) is 36.8 cm³/mol. The van der Waals surface area contributed by atoms with Crippen molar-refractivity contribution in [3.63, 3.8) is 0 Å². The Morgan fingerprint density at radius 1 is 1.25 bits per heavy atom. The molecule has 6 nitrogen and oxygen atoms in total. The molecule has 0 aromatic heterocycles. The van der Waals surface area contributed by atoms with Crippen LogP contribution in [0.15, 0.2) is 0 Å². The van der Waals surface area contributed by atoms with E-state index >= 15 is 0 Å². The summed E-state index contributed by atoms with van der Waals surface area (Å²) in [5, 5.41) is 8.16. The Morgan fingerprint density at radius 3 is 2.25 bits per heavy atom. The first-order valence-corrected chi connectivity index (χ1v) is 3.19. The SMILES string of the molecule is NOC(=O)CC(=O)CCC(=O)O. The minimum atomic E-state index is -1.08. The van der Waals surface area contributed by atoms with Crippen molar-refractivity contribution >= 4 is 17.7 Å². The number of carbonyl (C=O) groups excluding carboxylic acids is 2. The van der Waals surface area contributed by atoms with Gasteiger partial charge in [0.25, 0.3) is 0 Å². The lowest BCUT2D eigenvalue weighted by molar-refractivity contribution is -0.147. The van der Waals surface area contributed by atoms with Crippen molar-refractivity contribution in [3.05, 3.63) is 0 Å². The van der Waals surface area contributed by atoms with Gasteiger partial charge >= 0.3 is 11.9 Å². The number of Topliss-reactive ketones (excluding diaryl/α,β-unsaturated/α-hetero) is 1. The molecular formula is C6H9NO5. The Hall–Kier alpha value is -1.43. The molecule has 0 aromatic carbocycles. The monoisotopic (exact) mass is 175 g/mol. The molecule has 3 N–H and O–H groups in total. The van der Waals surface area contributed by atoms with Crippen LogP contribution in [0.4, 0.5) is 0 Å². The van der Waals surface area contributed by atoms with Gasteiger partial charge in [-0.1, -0.05) is 0 Å². The summed E-state index contributed by atoms with van der Waals surface area (Å²) in [4.78, 5) is 34.7. The first kappa shape index (κ1) is 10.6. The van der Waals surface area contributed by atoms with Gasteiger partial charge in [0.05, 0.1) is 6.42 Å². The Bertz CT molecular complexity index is 200. The van der Waals surface area contributed by atoms with Crippen molar-refractivity contribution in [2.45, 2.75) is 19.3 Å². The molecule has 0 saturated carbocycles. The molecule has 12 heavy (non-hydrogen) atoms. The summed E-state index contributed by atoms with van der Waals surface area (Å²) in [5.41, 5.74) is 0. The van der Waals surface area contributed by atoms with Crippen LogP contribution < -0.4 is 5.90 Å². The summed E-state index contributed by atoms with van der Waals surface area (Å²) in [6, 6.07) is 0.